The molecule has 0 saturated heterocycles. The minimum Gasteiger partial charge on any atom is -0.497 e. The van der Waals surface area contributed by atoms with Crippen molar-refractivity contribution < 1.29 is 9.84 Å². The minimum atomic E-state index is -0.0494. The van der Waals surface area contributed by atoms with Gasteiger partial charge < -0.3 is 9.84 Å². The van der Waals surface area contributed by atoms with Crippen molar-refractivity contribution in [2.75, 3.05) is 7.11 Å². The van der Waals surface area contributed by atoms with E-state index in [4.69, 9.17) is 4.74 Å². The Balaban J connectivity index is 1.60. The fraction of sp³-hybridized carbons (Fsp3) is 0.727. The summed E-state index contributed by atoms with van der Waals surface area (Å²) in [6.45, 7) is 4.80. The Labute approximate surface area is 145 Å². The molecule has 5 rings (SSSR count). The fourth-order valence-corrected chi connectivity index (χ4v) is 7.86. The summed E-state index contributed by atoms with van der Waals surface area (Å²) in [7, 11) is 1.76. The third-order valence-electron chi connectivity index (χ3n) is 8.69. The van der Waals surface area contributed by atoms with Crippen molar-refractivity contribution in [1.82, 2.24) is 0 Å². The summed E-state index contributed by atoms with van der Waals surface area (Å²) in [6, 6.07) is 6.77. The van der Waals surface area contributed by atoms with E-state index in [1.165, 1.54) is 31.2 Å². The molecule has 0 aliphatic heterocycles. The monoisotopic (exact) mass is 326 g/mol. The van der Waals surface area contributed by atoms with Gasteiger partial charge in [-0.05, 0) is 90.9 Å². The maximum absolute atomic E-state index is 10.9. The van der Waals surface area contributed by atoms with Gasteiger partial charge in [0.15, 0.2) is 0 Å². The van der Waals surface area contributed by atoms with E-state index < -0.39 is 0 Å². The van der Waals surface area contributed by atoms with Crippen LogP contribution in [-0.2, 0) is 6.42 Å². The highest BCUT2D eigenvalue weighted by Crippen LogP contribution is 2.83. The van der Waals surface area contributed by atoms with Crippen molar-refractivity contribution in [3.8, 4) is 5.75 Å². The Kier molecular flexibility index (Phi) is 3.04. The van der Waals surface area contributed by atoms with E-state index in [0.717, 1.165) is 36.3 Å². The zero-order valence-electron chi connectivity index (χ0n) is 15.2. The second-order valence-corrected chi connectivity index (χ2v) is 9.12. The summed E-state index contributed by atoms with van der Waals surface area (Å²) < 4.78 is 5.46. The SMILES string of the molecule is CCC12CC[C@@H]3c4ccc(OC)cc4C[C@@H](C)[C@H]3[C@]13C[C@H]3C[C@@H]2O. The standard InChI is InChI=1S/C22H30O2/c1-4-21-8-7-18-17-6-5-16(24-3)10-14(17)9-13(2)20(18)22(21)12-15(22)11-19(21)23/h5-6,10,13,15,18-20,23H,4,7-9,11-12H2,1-3H3/t13-,15-,18-,19+,20-,21?,22-/m1/s1. The lowest BCUT2D eigenvalue weighted by Crippen LogP contribution is -2.51. The third kappa shape index (κ3) is 1.57. The first-order valence-electron chi connectivity index (χ1n) is 9.92. The summed E-state index contributed by atoms with van der Waals surface area (Å²) in [5.74, 6) is 3.98. The maximum Gasteiger partial charge on any atom is 0.119 e. The van der Waals surface area contributed by atoms with Crippen LogP contribution in [0.1, 0.15) is 63.0 Å². The van der Waals surface area contributed by atoms with Gasteiger partial charge in [0.25, 0.3) is 0 Å². The molecule has 24 heavy (non-hydrogen) atoms. The van der Waals surface area contributed by atoms with Crippen LogP contribution in [0, 0.1) is 28.6 Å². The van der Waals surface area contributed by atoms with Crippen LogP contribution >= 0.6 is 0 Å². The Bertz CT molecular complexity index is 683. The molecule has 2 nitrogen and oxygen atoms in total. The fourth-order valence-electron chi connectivity index (χ4n) is 7.86. The highest BCUT2D eigenvalue weighted by atomic mass is 16.5. The Morgan fingerprint density at radius 1 is 1.33 bits per heavy atom. The molecule has 0 heterocycles. The molecule has 4 aliphatic rings. The van der Waals surface area contributed by atoms with Crippen LogP contribution in [0.4, 0.5) is 0 Å². The molecule has 1 spiro atoms. The first-order chi connectivity index (χ1) is 11.6. The number of hydrogen-bond acceptors (Lipinski definition) is 2. The van der Waals surface area contributed by atoms with Gasteiger partial charge in [-0.25, -0.2) is 0 Å². The molecule has 0 amide bonds. The molecule has 0 radical (unpaired) electrons. The average molecular weight is 326 g/mol. The number of hydrogen-bond donors (Lipinski definition) is 1. The highest BCUT2D eigenvalue weighted by Gasteiger charge is 2.78. The summed E-state index contributed by atoms with van der Waals surface area (Å²) in [5, 5.41) is 10.9. The van der Waals surface area contributed by atoms with Gasteiger partial charge in [-0.15, -0.1) is 0 Å². The van der Waals surface area contributed by atoms with E-state index in [2.05, 4.69) is 32.0 Å². The predicted octanol–water partition coefficient (Wildman–Crippen LogP) is 4.55. The van der Waals surface area contributed by atoms with Gasteiger partial charge in [0.05, 0.1) is 13.2 Å². The summed E-state index contributed by atoms with van der Waals surface area (Å²) >= 11 is 0. The molecule has 130 valence electrons. The van der Waals surface area contributed by atoms with Crippen molar-refractivity contribution in [2.45, 2.75) is 64.4 Å². The third-order valence-corrected chi connectivity index (χ3v) is 8.69. The molecule has 0 aromatic heterocycles. The van der Waals surface area contributed by atoms with Gasteiger partial charge in [0.1, 0.15) is 5.75 Å². The molecule has 2 heteroatoms. The molecule has 0 bridgehead atoms. The summed E-state index contributed by atoms with van der Waals surface area (Å²) in [6.07, 6.45) is 7.22. The van der Waals surface area contributed by atoms with E-state index in [0.29, 0.717) is 11.3 Å². The van der Waals surface area contributed by atoms with Crippen LogP contribution in [0.3, 0.4) is 0 Å². The molecule has 7 atom stereocenters. The Morgan fingerprint density at radius 2 is 2.17 bits per heavy atom. The van der Waals surface area contributed by atoms with Crippen LogP contribution < -0.4 is 4.74 Å². The smallest absolute Gasteiger partial charge is 0.119 e. The summed E-state index contributed by atoms with van der Waals surface area (Å²) in [5.41, 5.74) is 3.77. The van der Waals surface area contributed by atoms with Gasteiger partial charge in [-0.3, -0.25) is 0 Å². The van der Waals surface area contributed by atoms with Crippen LogP contribution in [0.5, 0.6) is 5.75 Å². The van der Waals surface area contributed by atoms with E-state index in [1.807, 2.05) is 0 Å². The molecule has 1 N–H and O–H groups in total. The lowest BCUT2D eigenvalue weighted by atomic mass is 9.49. The highest BCUT2D eigenvalue weighted by molar-refractivity contribution is 5.43. The van der Waals surface area contributed by atoms with Crippen molar-refractivity contribution in [2.24, 2.45) is 28.6 Å². The lowest BCUT2D eigenvalue weighted by molar-refractivity contribution is -0.0836. The van der Waals surface area contributed by atoms with Crippen molar-refractivity contribution >= 4 is 0 Å². The van der Waals surface area contributed by atoms with Gasteiger partial charge >= 0.3 is 0 Å². The van der Waals surface area contributed by atoms with Crippen molar-refractivity contribution in [1.29, 1.82) is 0 Å². The molecule has 3 fully saturated rings. The number of aliphatic hydroxyl groups is 1. The van der Waals surface area contributed by atoms with Crippen molar-refractivity contribution in [3.05, 3.63) is 29.3 Å². The van der Waals surface area contributed by atoms with Gasteiger partial charge in [-0.2, -0.15) is 0 Å². The second kappa shape index (κ2) is 4.78. The number of ether oxygens (including phenoxy) is 1. The average Bonchev–Trinajstić information content (AvgIpc) is 3.22. The van der Waals surface area contributed by atoms with Crippen molar-refractivity contribution in [3.63, 3.8) is 0 Å². The first-order valence-corrected chi connectivity index (χ1v) is 9.92. The largest absolute Gasteiger partial charge is 0.497 e. The van der Waals surface area contributed by atoms with E-state index >= 15 is 0 Å². The zero-order chi connectivity index (χ0) is 16.7. The molecular weight excluding hydrogens is 296 g/mol. The molecule has 4 aliphatic carbocycles. The first kappa shape index (κ1) is 15.3. The van der Waals surface area contributed by atoms with Gasteiger partial charge in [-0.1, -0.05) is 19.9 Å². The number of aliphatic hydroxyl groups excluding tert-OH is 1. The quantitative estimate of drug-likeness (QED) is 0.864. The second-order valence-electron chi connectivity index (χ2n) is 9.12. The van der Waals surface area contributed by atoms with Crippen LogP contribution in [0.15, 0.2) is 18.2 Å². The van der Waals surface area contributed by atoms with E-state index in [-0.39, 0.29) is 11.5 Å². The topological polar surface area (TPSA) is 29.5 Å². The minimum absolute atomic E-state index is 0.0494. The Hall–Kier alpha value is -1.02. The summed E-state index contributed by atoms with van der Waals surface area (Å²) in [4.78, 5) is 0. The zero-order valence-corrected chi connectivity index (χ0v) is 15.2. The molecule has 1 aromatic carbocycles. The van der Waals surface area contributed by atoms with Crippen LogP contribution in [0.2, 0.25) is 0 Å². The van der Waals surface area contributed by atoms with Crippen LogP contribution in [0.25, 0.3) is 0 Å². The number of benzene rings is 1. The number of methoxy groups -OCH3 is 1. The lowest BCUT2D eigenvalue weighted by Gasteiger charge is -2.56. The predicted molar refractivity (Wildman–Crippen MR) is 95.2 cm³/mol. The molecule has 1 aromatic rings. The maximum atomic E-state index is 10.9. The van der Waals surface area contributed by atoms with Gasteiger partial charge in [0.2, 0.25) is 0 Å². The van der Waals surface area contributed by atoms with E-state index in [1.54, 1.807) is 12.7 Å². The number of fused-ring (bicyclic) bond motifs is 3. The normalized spacial score (nSPS) is 48.1. The Morgan fingerprint density at radius 3 is 2.92 bits per heavy atom. The molecule has 1 unspecified atom stereocenters. The van der Waals surface area contributed by atoms with Gasteiger partial charge in [0, 0.05) is 5.41 Å². The van der Waals surface area contributed by atoms with E-state index in [9.17, 15) is 5.11 Å². The molecular formula is C22H30O2. The number of rotatable bonds is 2. The molecule has 3 saturated carbocycles. The van der Waals surface area contributed by atoms with Crippen LogP contribution in [-0.4, -0.2) is 18.3 Å².